The first-order valence-corrected chi connectivity index (χ1v) is 12.8. The number of fused-ring (bicyclic) bond motifs is 13. The molecule has 0 heterocycles. The highest BCUT2D eigenvalue weighted by Gasteiger charge is 2.41. The minimum Gasteiger partial charge on any atom is -0.0616 e. The van der Waals surface area contributed by atoms with Crippen LogP contribution in [0.15, 0.2) is 93.9 Å². The van der Waals surface area contributed by atoms with Crippen LogP contribution in [0.4, 0.5) is 0 Å². The zero-order valence-electron chi connectivity index (χ0n) is 18.3. The fourth-order valence-electron chi connectivity index (χ4n) is 6.27. The first-order chi connectivity index (χ1) is 16.0. The van der Waals surface area contributed by atoms with E-state index in [1.54, 1.807) is 0 Å². The Hall–Kier alpha value is -2.68. The van der Waals surface area contributed by atoms with E-state index in [1.807, 2.05) is 0 Å². The summed E-state index contributed by atoms with van der Waals surface area (Å²) in [5, 5.41) is 10.6. The molecule has 0 N–H and O–H groups in total. The second kappa shape index (κ2) is 6.68. The van der Waals surface area contributed by atoms with E-state index in [0.29, 0.717) is 0 Å². The minimum absolute atomic E-state index is 0.128. The highest BCUT2D eigenvalue weighted by Crippen LogP contribution is 2.58. The zero-order valence-corrected chi connectivity index (χ0v) is 21.5. The van der Waals surface area contributed by atoms with Gasteiger partial charge < -0.3 is 0 Å². The van der Waals surface area contributed by atoms with Crippen molar-refractivity contribution in [2.45, 2.75) is 19.3 Å². The second-order valence-corrected chi connectivity index (χ2v) is 11.4. The van der Waals surface area contributed by atoms with Gasteiger partial charge in [0, 0.05) is 14.4 Å². The largest absolute Gasteiger partial charge is 0.0616 e. The van der Waals surface area contributed by atoms with Crippen molar-refractivity contribution >= 4 is 74.9 Å². The molecule has 6 aromatic carbocycles. The summed E-state index contributed by atoms with van der Waals surface area (Å²) in [6.07, 6.45) is 0. The summed E-state index contributed by atoms with van der Waals surface area (Å²) in [7, 11) is 0. The van der Waals surface area contributed by atoms with Crippen molar-refractivity contribution in [1.82, 2.24) is 0 Å². The second-order valence-electron chi connectivity index (χ2n) is 9.60. The first-order valence-electron chi connectivity index (χ1n) is 11.3. The normalized spacial score (nSPS) is 14.3. The molecule has 0 aliphatic heterocycles. The van der Waals surface area contributed by atoms with Crippen LogP contribution in [-0.4, -0.2) is 0 Å². The van der Waals surface area contributed by atoms with Gasteiger partial charge in [0.25, 0.3) is 0 Å². The molecule has 33 heavy (non-hydrogen) atoms. The molecule has 2 heteroatoms. The summed E-state index contributed by atoms with van der Waals surface area (Å²) in [6.45, 7) is 4.81. The molecule has 1 aliphatic rings. The minimum atomic E-state index is -0.128. The molecule has 0 saturated carbocycles. The van der Waals surface area contributed by atoms with Crippen LogP contribution >= 0.6 is 31.9 Å². The molecule has 6 aromatic rings. The zero-order chi connectivity index (χ0) is 22.5. The van der Waals surface area contributed by atoms with Crippen LogP contribution in [0.5, 0.6) is 0 Å². The number of halogens is 2. The van der Waals surface area contributed by atoms with Crippen molar-refractivity contribution < 1.29 is 0 Å². The van der Waals surface area contributed by atoms with Crippen molar-refractivity contribution in [2.24, 2.45) is 0 Å². The fraction of sp³-hybridized carbons (Fsp3) is 0.0968. The predicted octanol–water partition coefficient (Wildman–Crippen LogP) is 10.1. The lowest BCUT2D eigenvalue weighted by Gasteiger charge is -2.25. The quantitative estimate of drug-likeness (QED) is 0.165. The highest BCUT2D eigenvalue weighted by molar-refractivity contribution is 9.10. The predicted molar refractivity (Wildman–Crippen MR) is 149 cm³/mol. The maximum Gasteiger partial charge on any atom is 0.0181 e. The molecule has 0 aromatic heterocycles. The summed E-state index contributed by atoms with van der Waals surface area (Å²) in [6, 6.07) is 31.4. The van der Waals surface area contributed by atoms with Gasteiger partial charge >= 0.3 is 0 Å². The Morgan fingerprint density at radius 2 is 0.848 bits per heavy atom. The molecular formula is C31H20Br2. The molecule has 158 valence electrons. The van der Waals surface area contributed by atoms with Gasteiger partial charge in [-0.25, -0.2) is 0 Å². The Balaban J connectivity index is 1.83. The van der Waals surface area contributed by atoms with Crippen LogP contribution in [0.25, 0.3) is 54.2 Å². The Morgan fingerprint density at radius 3 is 1.27 bits per heavy atom. The molecule has 0 fully saturated rings. The Morgan fingerprint density at radius 1 is 0.455 bits per heavy atom. The van der Waals surface area contributed by atoms with Gasteiger partial charge in [0.1, 0.15) is 0 Å². The van der Waals surface area contributed by atoms with Crippen LogP contribution in [0.2, 0.25) is 0 Å². The van der Waals surface area contributed by atoms with Crippen LogP contribution < -0.4 is 0 Å². The van der Waals surface area contributed by atoms with E-state index >= 15 is 0 Å². The van der Waals surface area contributed by atoms with Gasteiger partial charge in [-0.1, -0.05) is 106 Å². The Labute approximate surface area is 209 Å². The van der Waals surface area contributed by atoms with Crippen LogP contribution in [0, 0.1) is 0 Å². The third-order valence-electron chi connectivity index (χ3n) is 7.48. The van der Waals surface area contributed by atoms with Gasteiger partial charge in [0.15, 0.2) is 0 Å². The first kappa shape index (κ1) is 19.8. The molecule has 1 aliphatic carbocycles. The third-order valence-corrected chi connectivity index (χ3v) is 8.46. The molecule has 0 spiro atoms. The molecule has 0 nitrogen and oxygen atoms in total. The SMILES string of the molecule is CC1(C)c2c(c3ccccc3c3cc(Br)ccc23)-c2c1c1ccc(Br)cc1c1ccccc21. The van der Waals surface area contributed by atoms with E-state index in [1.165, 1.54) is 65.3 Å². The third kappa shape index (κ3) is 2.51. The monoisotopic (exact) mass is 550 g/mol. The molecule has 0 atom stereocenters. The molecule has 0 unspecified atom stereocenters. The summed E-state index contributed by atoms with van der Waals surface area (Å²) in [4.78, 5) is 0. The van der Waals surface area contributed by atoms with Crippen molar-refractivity contribution in [3.05, 3.63) is 105 Å². The van der Waals surface area contributed by atoms with E-state index in [-0.39, 0.29) is 5.41 Å². The van der Waals surface area contributed by atoms with E-state index in [4.69, 9.17) is 0 Å². The van der Waals surface area contributed by atoms with E-state index in [9.17, 15) is 0 Å². The summed E-state index contributed by atoms with van der Waals surface area (Å²) in [5.41, 5.74) is 5.57. The van der Waals surface area contributed by atoms with Gasteiger partial charge in [-0.15, -0.1) is 0 Å². The van der Waals surface area contributed by atoms with E-state index in [2.05, 4.69) is 131 Å². The maximum absolute atomic E-state index is 3.72. The number of benzene rings is 6. The van der Waals surface area contributed by atoms with Crippen LogP contribution in [0.1, 0.15) is 25.0 Å². The molecular weight excluding hydrogens is 532 g/mol. The van der Waals surface area contributed by atoms with Crippen molar-refractivity contribution in [1.29, 1.82) is 0 Å². The topological polar surface area (TPSA) is 0 Å². The summed E-state index contributed by atoms with van der Waals surface area (Å²) >= 11 is 7.45. The lowest BCUT2D eigenvalue weighted by molar-refractivity contribution is 0.673. The van der Waals surface area contributed by atoms with E-state index in [0.717, 1.165) is 8.95 Å². The lowest BCUT2D eigenvalue weighted by Crippen LogP contribution is -2.16. The Bertz CT molecular complexity index is 1680. The smallest absolute Gasteiger partial charge is 0.0181 e. The molecule has 0 radical (unpaired) electrons. The van der Waals surface area contributed by atoms with Crippen molar-refractivity contribution in [3.8, 4) is 11.1 Å². The van der Waals surface area contributed by atoms with Crippen molar-refractivity contribution in [3.63, 3.8) is 0 Å². The number of rotatable bonds is 0. The molecule has 7 rings (SSSR count). The van der Waals surface area contributed by atoms with Gasteiger partial charge in [-0.05, 0) is 89.6 Å². The maximum atomic E-state index is 3.72. The van der Waals surface area contributed by atoms with Gasteiger partial charge in [-0.2, -0.15) is 0 Å². The number of hydrogen-bond donors (Lipinski definition) is 0. The molecule has 0 bridgehead atoms. The Kier molecular flexibility index (Phi) is 4.00. The van der Waals surface area contributed by atoms with Gasteiger partial charge in [0.05, 0.1) is 0 Å². The fourth-order valence-corrected chi connectivity index (χ4v) is 6.99. The van der Waals surface area contributed by atoms with Crippen LogP contribution in [-0.2, 0) is 5.41 Å². The summed E-state index contributed by atoms with van der Waals surface area (Å²) < 4.78 is 2.24. The average molecular weight is 552 g/mol. The average Bonchev–Trinajstić information content (AvgIpc) is 3.07. The standard InChI is InChI=1S/C31H20Br2/c1-31(2)29-23-13-11-17(32)15-25(23)19-7-3-5-9-21(19)27(29)28-22-10-6-4-8-20(22)26-16-18(33)12-14-24(26)30(28)31/h3-16H,1-2H3. The van der Waals surface area contributed by atoms with Gasteiger partial charge in [0.2, 0.25) is 0 Å². The summed E-state index contributed by atoms with van der Waals surface area (Å²) in [5.74, 6) is 0. The van der Waals surface area contributed by atoms with Gasteiger partial charge in [-0.3, -0.25) is 0 Å². The number of hydrogen-bond acceptors (Lipinski definition) is 0. The molecule has 0 amide bonds. The van der Waals surface area contributed by atoms with E-state index < -0.39 is 0 Å². The molecule has 0 saturated heterocycles. The highest BCUT2D eigenvalue weighted by atomic mass is 79.9. The van der Waals surface area contributed by atoms with Crippen molar-refractivity contribution in [2.75, 3.05) is 0 Å². The van der Waals surface area contributed by atoms with Crippen LogP contribution in [0.3, 0.4) is 0 Å². The lowest BCUT2D eigenvalue weighted by atomic mass is 9.77.